The van der Waals surface area contributed by atoms with Gasteiger partial charge in [0.05, 0.1) is 0 Å². The van der Waals surface area contributed by atoms with Gasteiger partial charge in [0.2, 0.25) is 0 Å². The first-order valence-corrected chi connectivity index (χ1v) is 10.5. The summed E-state index contributed by atoms with van der Waals surface area (Å²) in [5.41, 5.74) is 0. The van der Waals surface area contributed by atoms with Crippen LogP contribution in [0.3, 0.4) is 0 Å². The van der Waals surface area contributed by atoms with Crippen molar-refractivity contribution in [3.63, 3.8) is 0 Å². The first-order valence-electron chi connectivity index (χ1n) is 8.49. The monoisotopic (exact) mass is 304 g/mol. The summed E-state index contributed by atoms with van der Waals surface area (Å²) in [4.78, 5) is 0. The highest BCUT2D eigenvalue weighted by Crippen LogP contribution is 2.17. The Balaban J connectivity index is 3.29. The van der Waals surface area contributed by atoms with Gasteiger partial charge in [-0.15, -0.1) is 0 Å². The Morgan fingerprint density at radius 1 is 0.700 bits per heavy atom. The fraction of sp³-hybridized carbons (Fsp3) is 1.00. The van der Waals surface area contributed by atoms with E-state index in [-0.39, 0.29) is 0 Å². The minimum atomic E-state index is -2.76. The van der Waals surface area contributed by atoms with Crippen molar-refractivity contribution in [2.24, 2.45) is 11.8 Å². The highest BCUT2D eigenvalue weighted by atomic mass is 32.2. The van der Waals surface area contributed by atoms with Crippen LogP contribution >= 0.6 is 0 Å². The van der Waals surface area contributed by atoms with Gasteiger partial charge in [0.15, 0.2) is 0 Å². The largest absolute Gasteiger partial charge is 0.229 e. The van der Waals surface area contributed by atoms with Gasteiger partial charge in [0.25, 0.3) is 0 Å². The highest BCUT2D eigenvalue weighted by Gasteiger charge is 2.06. The molecular weight excluding hydrogens is 268 g/mol. The minimum Gasteiger partial charge on any atom is -0.229 e. The molecule has 0 aromatic heterocycles. The molecule has 0 radical (unpaired) electrons. The second-order valence-corrected chi connectivity index (χ2v) is 9.23. The molecule has 0 fully saturated rings. The maximum absolute atomic E-state index is 11.0. The fourth-order valence-corrected chi connectivity index (χ4v) is 3.28. The first kappa shape index (κ1) is 19.9. The third kappa shape index (κ3) is 16.0. The van der Waals surface area contributed by atoms with Crippen LogP contribution in [0, 0.1) is 11.8 Å². The summed E-state index contributed by atoms with van der Waals surface area (Å²) in [6.07, 6.45) is 14.0. The standard InChI is InChI=1S/C17H36O2S/c1-16(2)12-9-7-5-6-8-10-13-17(3)14-11-15-20(4,18)19/h16-17H,5-15H2,1-4H3. The van der Waals surface area contributed by atoms with E-state index in [2.05, 4.69) is 20.8 Å². The molecule has 0 spiro atoms. The van der Waals surface area contributed by atoms with E-state index >= 15 is 0 Å². The van der Waals surface area contributed by atoms with Gasteiger partial charge in [0, 0.05) is 12.0 Å². The van der Waals surface area contributed by atoms with Crippen molar-refractivity contribution < 1.29 is 8.42 Å². The average molecular weight is 305 g/mol. The van der Waals surface area contributed by atoms with Crippen LogP contribution in [0.1, 0.15) is 85.0 Å². The smallest absolute Gasteiger partial charge is 0.147 e. The summed E-state index contributed by atoms with van der Waals surface area (Å²) in [7, 11) is -2.76. The molecule has 0 aliphatic rings. The van der Waals surface area contributed by atoms with Crippen LogP contribution in [-0.2, 0) is 9.84 Å². The number of sulfone groups is 1. The summed E-state index contributed by atoms with van der Waals surface area (Å²) in [5.74, 6) is 1.88. The summed E-state index contributed by atoms with van der Waals surface area (Å²) in [6.45, 7) is 6.85. The first-order chi connectivity index (χ1) is 9.31. The van der Waals surface area contributed by atoms with Crippen molar-refractivity contribution in [2.45, 2.75) is 85.0 Å². The van der Waals surface area contributed by atoms with E-state index in [0.29, 0.717) is 11.7 Å². The molecule has 0 heterocycles. The molecule has 0 aliphatic carbocycles. The molecule has 2 nitrogen and oxygen atoms in total. The zero-order valence-corrected chi connectivity index (χ0v) is 15.0. The van der Waals surface area contributed by atoms with E-state index in [4.69, 9.17) is 0 Å². The van der Waals surface area contributed by atoms with E-state index in [1.165, 1.54) is 57.6 Å². The van der Waals surface area contributed by atoms with E-state index < -0.39 is 9.84 Å². The lowest BCUT2D eigenvalue weighted by atomic mass is 9.97. The molecule has 0 bridgehead atoms. The van der Waals surface area contributed by atoms with Crippen LogP contribution in [0.2, 0.25) is 0 Å². The molecule has 0 aliphatic heterocycles. The lowest BCUT2D eigenvalue weighted by Gasteiger charge is -2.10. The van der Waals surface area contributed by atoms with Crippen molar-refractivity contribution in [1.82, 2.24) is 0 Å². The maximum atomic E-state index is 11.0. The molecule has 0 aromatic carbocycles. The quantitative estimate of drug-likeness (QED) is 0.437. The van der Waals surface area contributed by atoms with Gasteiger partial charge in [-0.25, -0.2) is 8.42 Å². The van der Waals surface area contributed by atoms with Crippen molar-refractivity contribution in [3.8, 4) is 0 Å². The minimum absolute atomic E-state index is 0.354. The molecule has 0 N–H and O–H groups in total. The summed E-state index contributed by atoms with van der Waals surface area (Å²) in [5, 5.41) is 0. The van der Waals surface area contributed by atoms with Gasteiger partial charge in [-0.1, -0.05) is 72.1 Å². The Morgan fingerprint density at radius 3 is 1.65 bits per heavy atom. The Labute approximate surface area is 127 Å². The highest BCUT2D eigenvalue weighted by molar-refractivity contribution is 7.90. The third-order valence-electron chi connectivity index (χ3n) is 3.94. The van der Waals surface area contributed by atoms with E-state index in [9.17, 15) is 8.42 Å². The molecule has 0 saturated heterocycles. The lowest BCUT2D eigenvalue weighted by molar-refractivity contribution is 0.447. The second kappa shape index (κ2) is 11.6. The SMILES string of the molecule is CC(C)CCCCCCCCC(C)CCCS(C)(=O)=O. The van der Waals surface area contributed by atoms with Crippen molar-refractivity contribution >= 4 is 9.84 Å². The Bertz CT molecular complexity index is 307. The van der Waals surface area contributed by atoms with E-state index in [0.717, 1.165) is 18.8 Å². The lowest BCUT2D eigenvalue weighted by Crippen LogP contribution is -2.05. The Kier molecular flexibility index (Phi) is 11.6. The molecule has 122 valence electrons. The third-order valence-corrected chi connectivity index (χ3v) is 4.97. The van der Waals surface area contributed by atoms with Gasteiger partial charge >= 0.3 is 0 Å². The van der Waals surface area contributed by atoms with Crippen molar-refractivity contribution in [2.75, 3.05) is 12.0 Å². The van der Waals surface area contributed by atoms with Gasteiger partial charge in [0.1, 0.15) is 9.84 Å². The second-order valence-electron chi connectivity index (χ2n) is 6.97. The fourth-order valence-electron chi connectivity index (χ4n) is 2.59. The van der Waals surface area contributed by atoms with Crippen molar-refractivity contribution in [1.29, 1.82) is 0 Å². The van der Waals surface area contributed by atoms with Gasteiger partial charge in [-0.05, 0) is 24.7 Å². The van der Waals surface area contributed by atoms with E-state index in [1.807, 2.05) is 0 Å². The molecule has 0 rings (SSSR count). The molecule has 1 unspecified atom stereocenters. The summed E-state index contributed by atoms with van der Waals surface area (Å²) >= 11 is 0. The van der Waals surface area contributed by atoms with Crippen LogP contribution in [0.15, 0.2) is 0 Å². The Morgan fingerprint density at radius 2 is 1.15 bits per heavy atom. The van der Waals surface area contributed by atoms with Crippen LogP contribution in [0.4, 0.5) is 0 Å². The van der Waals surface area contributed by atoms with Crippen LogP contribution in [-0.4, -0.2) is 20.4 Å². The van der Waals surface area contributed by atoms with Gasteiger partial charge in [-0.3, -0.25) is 0 Å². The molecule has 1 atom stereocenters. The molecule has 0 saturated carbocycles. The van der Waals surface area contributed by atoms with Gasteiger partial charge < -0.3 is 0 Å². The predicted molar refractivity (Wildman–Crippen MR) is 89.9 cm³/mol. The van der Waals surface area contributed by atoms with Crippen LogP contribution < -0.4 is 0 Å². The predicted octanol–water partition coefficient (Wildman–Crippen LogP) is 5.22. The van der Waals surface area contributed by atoms with Crippen LogP contribution in [0.5, 0.6) is 0 Å². The zero-order valence-electron chi connectivity index (χ0n) is 14.2. The molecule has 0 amide bonds. The topological polar surface area (TPSA) is 34.1 Å². The van der Waals surface area contributed by atoms with E-state index in [1.54, 1.807) is 0 Å². The summed E-state index contributed by atoms with van der Waals surface area (Å²) < 4.78 is 22.1. The summed E-state index contributed by atoms with van der Waals surface area (Å²) in [6, 6.07) is 0. The maximum Gasteiger partial charge on any atom is 0.147 e. The van der Waals surface area contributed by atoms with Crippen molar-refractivity contribution in [3.05, 3.63) is 0 Å². The number of unbranched alkanes of at least 4 members (excludes halogenated alkanes) is 5. The number of hydrogen-bond donors (Lipinski definition) is 0. The molecule has 0 aromatic rings. The van der Waals surface area contributed by atoms with Gasteiger partial charge in [-0.2, -0.15) is 0 Å². The average Bonchev–Trinajstić information content (AvgIpc) is 2.30. The zero-order chi connectivity index (χ0) is 15.4. The molecular formula is C17H36O2S. The Hall–Kier alpha value is -0.0500. The van der Waals surface area contributed by atoms with Crippen LogP contribution in [0.25, 0.3) is 0 Å². The number of rotatable bonds is 13. The molecule has 3 heteroatoms. The normalized spacial score (nSPS) is 13.8. The number of hydrogen-bond acceptors (Lipinski definition) is 2. The molecule has 20 heavy (non-hydrogen) atoms.